The van der Waals surface area contributed by atoms with Crippen LogP contribution < -0.4 is 0 Å². The molecule has 7 heavy (non-hydrogen) atoms. The molecule has 4 heteroatoms. The Hall–Kier alpha value is 1.25. The van der Waals surface area contributed by atoms with Crippen molar-refractivity contribution >= 4 is 8.03 Å². The molecule has 0 aromatic rings. The van der Waals surface area contributed by atoms with Crippen LogP contribution in [0.1, 0.15) is 6.92 Å². The van der Waals surface area contributed by atoms with Crippen molar-refractivity contribution in [1.29, 1.82) is 0 Å². The molecular formula is C3H8LaO2P+. The molecule has 0 amide bonds. The molecule has 0 fully saturated rings. The Kier molecular flexibility index (Phi) is 11.5. The maximum absolute atomic E-state index is 10.1. The van der Waals surface area contributed by atoms with Crippen molar-refractivity contribution in [3.05, 3.63) is 0 Å². The first-order chi connectivity index (χ1) is 2.81. The molecule has 0 aliphatic rings. The number of hydrogen-bond acceptors (Lipinski definition) is 2. The van der Waals surface area contributed by atoms with Crippen molar-refractivity contribution in [2.75, 3.05) is 13.3 Å². The summed E-state index contributed by atoms with van der Waals surface area (Å²) in [5, 5.41) is 0. The first kappa shape index (κ1) is 11.1. The van der Waals surface area contributed by atoms with Crippen molar-refractivity contribution in [3.63, 3.8) is 0 Å². The molecule has 0 N–H and O–H groups in total. The predicted octanol–water partition coefficient (Wildman–Crippen LogP) is 1.40. The minimum Gasteiger partial charge on any atom is -0.150 e. The second-order valence-electron chi connectivity index (χ2n) is 0.832. The summed E-state index contributed by atoms with van der Waals surface area (Å²) in [5.74, 6) is 0. The van der Waals surface area contributed by atoms with Gasteiger partial charge in [-0.1, -0.05) is 0 Å². The first-order valence-corrected chi connectivity index (χ1v) is 3.16. The molecule has 0 saturated heterocycles. The molecule has 1 radical (unpaired) electrons. The van der Waals surface area contributed by atoms with Crippen LogP contribution in [0.4, 0.5) is 0 Å². The van der Waals surface area contributed by atoms with E-state index in [4.69, 9.17) is 0 Å². The zero-order valence-corrected chi connectivity index (χ0v) is 9.07. The predicted molar refractivity (Wildman–Crippen MR) is 25.2 cm³/mol. The fraction of sp³-hybridized carbons (Fsp3) is 1.00. The molecular weight excluding hydrogens is 238 g/mol. The molecule has 0 rings (SSSR count). The summed E-state index contributed by atoms with van der Waals surface area (Å²) in [6.45, 7) is 1.82. The van der Waals surface area contributed by atoms with Gasteiger partial charge in [0.05, 0.1) is 7.11 Å². The molecule has 0 aromatic carbocycles. The van der Waals surface area contributed by atoms with Crippen molar-refractivity contribution in [1.82, 2.24) is 0 Å². The van der Waals surface area contributed by atoms with Crippen LogP contribution in [-0.4, -0.2) is 13.3 Å². The average molecular weight is 246 g/mol. The summed E-state index contributed by atoms with van der Waals surface area (Å²) >= 11 is 0. The monoisotopic (exact) mass is 246 g/mol. The molecule has 39 valence electrons. The fourth-order valence-corrected chi connectivity index (χ4v) is 0.387. The van der Waals surface area contributed by atoms with E-state index in [1.165, 1.54) is 7.11 Å². The minimum absolute atomic E-state index is 0. The smallest absolute Gasteiger partial charge is 0.150 e. The van der Waals surface area contributed by atoms with Gasteiger partial charge >= 0.3 is 8.03 Å². The van der Waals surface area contributed by atoms with E-state index in [1.807, 2.05) is 6.92 Å². The minimum atomic E-state index is -1.33. The molecule has 0 aromatic heterocycles. The van der Waals surface area contributed by atoms with E-state index < -0.39 is 8.03 Å². The van der Waals surface area contributed by atoms with Gasteiger partial charge in [0.2, 0.25) is 0 Å². The Morgan fingerprint density at radius 2 is 2.14 bits per heavy atom. The van der Waals surface area contributed by atoms with Crippen LogP contribution in [0.25, 0.3) is 0 Å². The second kappa shape index (κ2) is 7.25. The van der Waals surface area contributed by atoms with Crippen molar-refractivity contribution in [3.8, 4) is 0 Å². The van der Waals surface area contributed by atoms with Crippen LogP contribution in [-0.2, 0) is 9.09 Å². The van der Waals surface area contributed by atoms with Gasteiger partial charge in [-0.2, -0.15) is 0 Å². The third-order valence-electron chi connectivity index (χ3n) is 0.462. The van der Waals surface area contributed by atoms with Crippen LogP contribution in [0.5, 0.6) is 0 Å². The Morgan fingerprint density at radius 1 is 1.71 bits per heavy atom. The zero-order valence-electron chi connectivity index (χ0n) is 4.55. The Bertz CT molecular complexity index is 50.9. The fourth-order valence-electron chi connectivity index (χ4n) is 0.129. The summed E-state index contributed by atoms with van der Waals surface area (Å²) in [6.07, 6.45) is 0.617. The van der Waals surface area contributed by atoms with Gasteiger partial charge in [0.25, 0.3) is 0 Å². The van der Waals surface area contributed by atoms with Crippen LogP contribution >= 0.6 is 8.03 Å². The summed E-state index contributed by atoms with van der Waals surface area (Å²) in [4.78, 5) is 0. The number of hydrogen-bond donors (Lipinski definition) is 0. The third-order valence-corrected chi connectivity index (χ3v) is 1.39. The largest absolute Gasteiger partial charge is 0.507 e. The maximum atomic E-state index is 10.1. The van der Waals surface area contributed by atoms with Gasteiger partial charge in [-0.15, -0.1) is 4.52 Å². The Balaban J connectivity index is 0. The quantitative estimate of drug-likeness (QED) is 0.688. The zero-order chi connectivity index (χ0) is 4.99. The topological polar surface area (TPSA) is 26.3 Å². The van der Waals surface area contributed by atoms with Gasteiger partial charge in [-0.25, -0.2) is 0 Å². The standard InChI is InChI=1S/C3H8O2P.La/c1-3-6(4)5-2;/h3H2,1-2H3;/q+1;. The summed E-state index contributed by atoms with van der Waals surface area (Å²) in [6, 6.07) is 0. The summed E-state index contributed by atoms with van der Waals surface area (Å²) in [7, 11) is 0.120. The Morgan fingerprint density at radius 3 is 2.14 bits per heavy atom. The van der Waals surface area contributed by atoms with Crippen molar-refractivity contribution < 1.29 is 44.7 Å². The number of rotatable bonds is 2. The van der Waals surface area contributed by atoms with Gasteiger partial charge in [-0.05, 0) is 11.5 Å². The summed E-state index contributed by atoms with van der Waals surface area (Å²) in [5.41, 5.74) is 0. The van der Waals surface area contributed by atoms with Crippen molar-refractivity contribution in [2.24, 2.45) is 0 Å². The van der Waals surface area contributed by atoms with E-state index in [0.29, 0.717) is 6.16 Å². The normalized spacial score (nSPS) is 9.71. The second-order valence-corrected chi connectivity index (χ2v) is 2.49. The molecule has 2 nitrogen and oxygen atoms in total. The first-order valence-electron chi connectivity index (χ1n) is 1.80. The van der Waals surface area contributed by atoms with E-state index in [2.05, 4.69) is 4.52 Å². The van der Waals surface area contributed by atoms with Crippen LogP contribution in [0.15, 0.2) is 0 Å². The molecule has 0 spiro atoms. The average Bonchev–Trinajstić information content (AvgIpc) is 1.65. The molecule has 0 heterocycles. The molecule has 0 bridgehead atoms. The van der Waals surface area contributed by atoms with E-state index in [-0.39, 0.29) is 35.6 Å². The van der Waals surface area contributed by atoms with Gasteiger partial charge in [0.1, 0.15) is 0 Å². The van der Waals surface area contributed by atoms with Crippen molar-refractivity contribution in [2.45, 2.75) is 6.92 Å². The van der Waals surface area contributed by atoms with Gasteiger partial charge in [-0.3, -0.25) is 0 Å². The van der Waals surface area contributed by atoms with Gasteiger partial charge < -0.3 is 0 Å². The molecule has 1 unspecified atom stereocenters. The van der Waals surface area contributed by atoms with E-state index in [9.17, 15) is 4.57 Å². The maximum Gasteiger partial charge on any atom is 0.507 e. The van der Waals surface area contributed by atoms with Crippen LogP contribution in [0, 0.1) is 35.6 Å². The van der Waals surface area contributed by atoms with Gasteiger partial charge in [0, 0.05) is 35.6 Å². The molecule has 1 atom stereocenters. The van der Waals surface area contributed by atoms with E-state index in [1.54, 1.807) is 0 Å². The van der Waals surface area contributed by atoms with E-state index in [0.717, 1.165) is 0 Å². The SMILES string of the molecule is CC[P+](=O)OC.[La]. The Labute approximate surface area is 72.5 Å². The van der Waals surface area contributed by atoms with Gasteiger partial charge in [0.15, 0.2) is 6.16 Å². The summed E-state index contributed by atoms with van der Waals surface area (Å²) < 4.78 is 14.5. The molecule has 0 saturated carbocycles. The van der Waals surface area contributed by atoms with Crippen LogP contribution in [0.3, 0.4) is 0 Å². The third kappa shape index (κ3) is 7.25. The van der Waals surface area contributed by atoms with Crippen LogP contribution in [0.2, 0.25) is 0 Å². The molecule has 0 aliphatic carbocycles. The van der Waals surface area contributed by atoms with E-state index >= 15 is 0 Å². The molecule has 0 aliphatic heterocycles.